The predicted molar refractivity (Wildman–Crippen MR) is 93.5 cm³/mol. The molecule has 0 fully saturated rings. The Morgan fingerprint density at radius 3 is 2.67 bits per heavy atom. The highest BCUT2D eigenvalue weighted by Gasteiger charge is 2.21. The summed E-state index contributed by atoms with van der Waals surface area (Å²) in [6.45, 7) is 0.712. The Bertz CT molecular complexity index is 749. The van der Waals surface area contributed by atoms with Gasteiger partial charge in [-0.25, -0.2) is 0 Å². The summed E-state index contributed by atoms with van der Waals surface area (Å²) in [5.74, 6) is 1.33. The van der Waals surface area contributed by atoms with Crippen LogP contribution >= 0.6 is 0 Å². The van der Waals surface area contributed by atoms with E-state index < -0.39 is 0 Å². The normalized spacial score (nSPS) is 13.7. The molecular formula is C19H20N2O3. The van der Waals surface area contributed by atoms with Crippen molar-refractivity contribution in [3.63, 3.8) is 0 Å². The Kier molecular flexibility index (Phi) is 4.79. The summed E-state index contributed by atoms with van der Waals surface area (Å²) < 4.78 is 10.5. The van der Waals surface area contributed by atoms with Gasteiger partial charge in [0.25, 0.3) is 5.91 Å². The van der Waals surface area contributed by atoms with Crippen molar-refractivity contribution >= 4 is 17.7 Å². The zero-order valence-electron chi connectivity index (χ0n) is 13.9. The van der Waals surface area contributed by atoms with Gasteiger partial charge in [0.15, 0.2) is 0 Å². The molecule has 0 radical (unpaired) electrons. The van der Waals surface area contributed by atoms with E-state index in [-0.39, 0.29) is 5.91 Å². The first kappa shape index (κ1) is 16.1. The molecule has 1 aliphatic rings. The summed E-state index contributed by atoms with van der Waals surface area (Å²) in [6, 6.07) is 9.32. The Morgan fingerprint density at radius 1 is 1.21 bits per heavy atom. The van der Waals surface area contributed by atoms with Crippen LogP contribution in [0.5, 0.6) is 11.5 Å². The summed E-state index contributed by atoms with van der Waals surface area (Å²) in [5, 5.41) is 0. The molecule has 3 rings (SSSR count). The van der Waals surface area contributed by atoms with Gasteiger partial charge in [-0.05, 0) is 48.7 Å². The second-order valence-corrected chi connectivity index (χ2v) is 5.54. The number of carbonyl (C=O) groups excluding carboxylic acids is 1. The van der Waals surface area contributed by atoms with Gasteiger partial charge < -0.3 is 14.4 Å². The smallest absolute Gasteiger partial charge is 0.251 e. The number of nitrogens with zero attached hydrogens (tertiary/aromatic N) is 2. The van der Waals surface area contributed by atoms with Crippen molar-refractivity contribution < 1.29 is 14.3 Å². The van der Waals surface area contributed by atoms with E-state index in [1.165, 1.54) is 0 Å². The maximum atomic E-state index is 12.6. The average Bonchev–Trinajstić information content (AvgIpc) is 2.65. The molecule has 0 aliphatic carbocycles. The van der Waals surface area contributed by atoms with Crippen molar-refractivity contribution in [2.24, 2.45) is 0 Å². The lowest BCUT2D eigenvalue weighted by molar-refractivity contribution is -0.114. The van der Waals surface area contributed by atoms with Crippen LogP contribution in [-0.4, -0.2) is 31.7 Å². The minimum absolute atomic E-state index is 0.0502. The fraction of sp³-hybridized carbons (Fsp3) is 0.263. The average molecular weight is 324 g/mol. The van der Waals surface area contributed by atoms with Gasteiger partial charge >= 0.3 is 0 Å². The first-order chi connectivity index (χ1) is 11.7. The van der Waals surface area contributed by atoms with Crippen molar-refractivity contribution in [3.05, 3.63) is 53.9 Å². The van der Waals surface area contributed by atoms with Crippen LogP contribution < -0.4 is 14.4 Å². The highest BCUT2D eigenvalue weighted by Crippen LogP contribution is 2.26. The van der Waals surface area contributed by atoms with E-state index in [0.717, 1.165) is 29.8 Å². The number of anilines is 1. The van der Waals surface area contributed by atoms with Gasteiger partial charge in [-0.1, -0.05) is 0 Å². The van der Waals surface area contributed by atoms with Crippen molar-refractivity contribution in [1.82, 2.24) is 4.98 Å². The number of hydrogen-bond donors (Lipinski definition) is 0. The Balaban J connectivity index is 1.82. The molecule has 1 aromatic heterocycles. The van der Waals surface area contributed by atoms with Crippen LogP contribution in [-0.2, 0) is 11.2 Å². The van der Waals surface area contributed by atoms with Gasteiger partial charge in [-0.2, -0.15) is 0 Å². The lowest BCUT2D eigenvalue weighted by Gasteiger charge is -2.27. The molecule has 1 amide bonds. The number of aryl methyl sites for hydroxylation is 1. The van der Waals surface area contributed by atoms with Crippen LogP contribution in [0.3, 0.4) is 0 Å². The first-order valence-corrected chi connectivity index (χ1v) is 7.88. The van der Waals surface area contributed by atoms with Crippen LogP contribution in [0, 0.1) is 0 Å². The molecule has 0 N–H and O–H groups in total. The number of pyridine rings is 1. The number of methoxy groups -OCH3 is 2. The molecule has 0 atom stereocenters. The fourth-order valence-electron chi connectivity index (χ4n) is 2.81. The van der Waals surface area contributed by atoms with Crippen LogP contribution in [0.15, 0.2) is 42.6 Å². The number of fused-ring (bicyclic) bond motifs is 1. The maximum absolute atomic E-state index is 12.6. The Hall–Kier alpha value is -2.82. The molecule has 24 heavy (non-hydrogen) atoms. The minimum atomic E-state index is -0.0502. The number of hydrogen-bond acceptors (Lipinski definition) is 4. The zero-order valence-corrected chi connectivity index (χ0v) is 13.9. The lowest BCUT2D eigenvalue weighted by Crippen LogP contribution is -2.34. The third kappa shape index (κ3) is 3.40. The molecule has 1 aromatic carbocycles. The first-order valence-electron chi connectivity index (χ1n) is 7.88. The summed E-state index contributed by atoms with van der Waals surface area (Å²) in [6.07, 6.45) is 6.97. The Morgan fingerprint density at radius 2 is 1.96 bits per heavy atom. The summed E-state index contributed by atoms with van der Waals surface area (Å²) in [4.78, 5) is 18.7. The second kappa shape index (κ2) is 7.17. The van der Waals surface area contributed by atoms with Crippen molar-refractivity contribution in [1.29, 1.82) is 0 Å². The quantitative estimate of drug-likeness (QED) is 0.811. The molecule has 0 bridgehead atoms. The number of aromatic nitrogens is 1. The minimum Gasteiger partial charge on any atom is -0.497 e. The predicted octanol–water partition coefficient (Wildman–Crippen LogP) is 3.09. The van der Waals surface area contributed by atoms with Gasteiger partial charge in [0.1, 0.15) is 11.5 Å². The lowest BCUT2D eigenvalue weighted by atomic mass is 10.1. The Labute approximate surface area is 141 Å². The molecule has 124 valence electrons. The van der Waals surface area contributed by atoms with Gasteiger partial charge in [0.2, 0.25) is 0 Å². The van der Waals surface area contributed by atoms with Gasteiger partial charge in [-0.15, -0.1) is 0 Å². The summed E-state index contributed by atoms with van der Waals surface area (Å²) in [7, 11) is 3.20. The molecule has 2 heterocycles. The van der Waals surface area contributed by atoms with Crippen LogP contribution in [0.2, 0.25) is 0 Å². The number of carbonyl (C=O) groups is 1. The second-order valence-electron chi connectivity index (χ2n) is 5.54. The number of benzene rings is 1. The molecule has 0 unspecified atom stereocenters. The molecule has 5 heteroatoms. The van der Waals surface area contributed by atoms with Crippen LogP contribution in [0.25, 0.3) is 6.08 Å². The highest BCUT2D eigenvalue weighted by molar-refractivity contribution is 6.04. The number of amides is 1. The molecule has 0 spiro atoms. The fourth-order valence-corrected chi connectivity index (χ4v) is 2.81. The molecular weight excluding hydrogens is 304 g/mol. The topological polar surface area (TPSA) is 51.7 Å². The van der Waals surface area contributed by atoms with E-state index in [1.807, 2.05) is 24.3 Å². The summed E-state index contributed by atoms with van der Waals surface area (Å²) in [5.41, 5.74) is 2.73. The van der Waals surface area contributed by atoms with E-state index in [9.17, 15) is 4.79 Å². The standard InChI is InChI=1S/C19H20N2O3/c1-23-15-11-14(12-16(13-15)24-2)7-8-19(22)21-10-4-5-17-18(21)6-3-9-20-17/h3,6-9,11-13H,4-5,10H2,1-2H3/b8-7+. The number of ether oxygens (including phenoxy) is 2. The zero-order chi connectivity index (χ0) is 16.9. The van der Waals surface area contributed by atoms with E-state index in [0.29, 0.717) is 18.0 Å². The highest BCUT2D eigenvalue weighted by atomic mass is 16.5. The number of rotatable bonds is 4. The maximum Gasteiger partial charge on any atom is 0.251 e. The summed E-state index contributed by atoms with van der Waals surface area (Å²) >= 11 is 0. The van der Waals surface area contributed by atoms with E-state index in [1.54, 1.807) is 43.5 Å². The van der Waals surface area contributed by atoms with Crippen LogP contribution in [0.4, 0.5) is 5.69 Å². The molecule has 1 aliphatic heterocycles. The molecule has 0 saturated heterocycles. The van der Waals surface area contributed by atoms with Crippen molar-refractivity contribution in [3.8, 4) is 11.5 Å². The molecule has 2 aromatic rings. The SMILES string of the molecule is COc1cc(/C=C/C(=O)N2CCCc3ncccc32)cc(OC)c1. The van der Waals surface area contributed by atoms with E-state index >= 15 is 0 Å². The molecule has 5 nitrogen and oxygen atoms in total. The third-order valence-corrected chi connectivity index (χ3v) is 4.01. The van der Waals surface area contributed by atoms with Gasteiger partial charge in [-0.3, -0.25) is 9.78 Å². The largest absolute Gasteiger partial charge is 0.497 e. The molecule has 0 saturated carbocycles. The van der Waals surface area contributed by atoms with E-state index in [2.05, 4.69) is 4.98 Å². The van der Waals surface area contributed by atoms with Gasteiger partial charge in [0.05, 0.1) is 25.6 Å². The van der Waals surface area contributed by atoms with Gasteiger partial charge in [0, 0.05) is 24.9 Å². The van der Waals surface area contributed by atoms with Crippen molar-refractivity contribution in [2.75, 3.05) is 25.7 Å². The monoisotopic (exact) mass is 324 g/mol. The van der Waals surface area contributed by atoms with E-state index in [4.69, 9.17) is 9.47 Å². The van der Waals surface area contributed by atoms with Crippen molar-refractivity contribution in [2.45, 2.75) is 12.8 Å². The van der Waals surface area contributed by atoms with Crippen LogP contribution in [0.1, 0.15) is 17.7 Å². The third-order valence-electron chi connectivity index (χ3n) is 4.01.